The van der Waals surface area contributed by atoms with Crippen LogP contribution >= 0.6 is 11.8 Å². The average molecular weight is 363 g/mol. The minimum atomic E-state index is -0.0279. The van der Waals surface area contributed by atoms with E-state index in [-0.39, 0.29) is 5.91 Å². The van der Waals surface area contributed by atoms with Gasteiger partial charge in [-0.2, -0.15) is 0 Å². The predicted octanol–water partition coefficient (Wildman–Crippen LogP) is 5.17. The molecule has 1 N–H and O–H groups in total. The standard InChI is InChI=1S/C22H21NO2S/c1-26-21-13-9-19(10-14-21)23-22(24)15-17-7-11-20(12-8-17)25-16-18-5-3-2-4-6-18/h2-14H,15-16H2,1H3,(H,23,24). The van der Waals surface area contributed by atoms with E-state index >= 15 is 0 Å². The summed E-state index contributed by atoms with van der Waals surface area (Å²) >= 11 is 1.68. The van der Waals surface area contributed by atoms with Crippen LogP contribution in [0.25, 0.3) is 0 Å². The van der Waals surface area contributed by atoms with Crippen molar-refractivity contribution in [3.05, 3.63) is 90.0 Å². The van der Waals surface area contributed by atoms with Crippen LogP contribution in [-0.2, 0) is 17.8 Å². The SMILES string of the molecule is CSc1ccc(NC(=O)Cc2ccc(OCc3ccccc3)cc2)cc1. The van der Waals surface area contributed by atoms with Crippen LogP contribution in [0.4, 0.5) is 5.69 Å². The summed E-state index contributed by atoms with van der Waals surface area (Å²) < 4.78 is 5.77. The van der Waals surface area contributed by atoms with Crippen molar-refractivity contribution < 1.29 is 9.53 Å². The summed E-state index contributed by atoms with van der Waals surface area (Å²) in [7, 11) is 0. The van der Waals surface area contributed by atoms with Gasteiger partial charge in [-0.05, 0) is 53.8 Å². The summed E-state index contributed by atoms with van der Waals surface area (Å²) in [6.07, 6.45) is 2.37. The number of ether oxygens (including phenoxy) is 1. The number of anilines is 1. The van der Waals surface area contributed by atoms with Crippen molar-refractivity contribution in [3.8, 4) is 5.75 Å². The number of carbonyl (C=O) groups is 1. The first kappa shape index (κ1) is 18.1. The van der Waals surface area contributed by atoms with Crippen molar-refractivity contribution in [1.82, 2.24) is 0 Å². The van der Waals surface area contributed by atoms with Gasteiger partial charge < -0.3 is 10.1 Å². The van der Waals surface area contributed by atoms with Crippen LogP contribution in [-0.4, -0.2) is 12.2 Å². The van der Waals surface area contributed by atoms with Gasteiger partial charge in [0.1, 0.15) is 12.4 Å². The molecule has 0 aliphatic rings. The third-order valence-electron chi connectivity index (χ3n) is 3.91. The second-order valence-corrected chi connectivity index (χ2v) is 6.75. The molecule has 0 aromatic heterocycles. The zero-order chi connectivity index (χ0) is 18.2. The lowest BCUT2D eigenvalue weighted by atomic mass is 10.1. The molecule has 0 fully saturated rings. The highest BCUT2D eigenvalue weighted by Crippen LogP contribution is 2.18. The molecule has 0 saturated heterocycles. The molecule has 3 nitrogen and oxygen atoms in total. The molecule has 1 amide bonds. The summed E-state index contributed by atoms with van der Waals surface area (Å²) in [6, 6.07) is 25.5. The van der Waals surface area contributed by atoms with Crippen molar-refractivity contribution in [3.63, 3.8) is 0 Å². The smallest absolute Gasteiger partial charge is 0.228 e. The minimum Gasteiger partial charge on any atom is -0.489 e. The Hall–Kier alpha value is -2.72. The average Bonchev–Trinajstić information content (AvgIpc) is 2.69. The molecule has 0 unspecified atom stereocenters. The van der Waals surface area contributed by atoms with E-state index in [1.807, 2.05) is 85.1 Å². The summed E-state index contributed by atoms with van der Waals surface area (Å²) in [5, 5.41) is 2.92. The topological polar surface area (TPSA) is 38.3 Å². The molecule has 3 aromatic rings. The fraction of sp³-hybridized carbons (Fsp3) is 0.136. The van der Waals surface area contributed by atoms with E-state index in [1.54, 1.807) is 11.8 Å². The summed E-state index contributed by atoms with van der Waals surface area (Å²) in [5.74, 6) is 0.769. The lowest BCUT2D eigenvalue weighted by Gasteiger charge is -2.08. The molecule has 0 heterocycles. The zero-order valence-corrected chi connectivity index (χ0v) is 15.5. The summed E-state index contributed by atoms with van der Waals surface area (Å²) in [5.41, 5.74) is 2.90. The van der Waals surface area contributed by atoms with Gasteiger partial charge in [0.25, 0.3) is 0 Å². The Morgan fingerprint density at radius 1 is 0.885 bits per heavy atom. The first-order valence-corrected chi connectivity index (χ1v) is 9.65. The molecule has 3 rings (SSSR count). The van der Waals surface area contributed by atoms with Crippen LogP contribution in [0.2, 0.25) is 0 Å². The van der Waals surface area contributed by atoms with Crippen LogP contribution in [0, 0.1) is 0 Å². The maximum Gasteiger partial charge on any atom is 0.228 e. The number of benzene rings is 3. The number of rotatable bonds is 7. The van der Waals surface area contributed by atoms with Crippen LogP contribution in [0.5, 0.6) is 5.75 Å². The molecule has 0 saturated carbocycles. The fourth-order valence-corrected chi connectivity index (χ4v) is 2.92. The van der Waals surface area contributed by atoms with Gasteiger partial charge in [0, 0.05) is 10.6 Å². The predicted molar refractivity (Wildman–Crippen MR) is 108 cm³/mol. The summed E-state index contributed by atoms with van der Waals surface area (Å²) in [6.45, 7) is 0.534. The highest BCUT2D eigenvalue weighted by molar-refractivity contribution is 7.98. The van der Waals surface area contributed by atoms with Crippen molar-refractivity contribution in [2.75, 3.05) is 11.6 Å². The third kappa shape index (κ3) is 5.39. The first-order valence-electron chi connectivity index (χ1n) is 8.42. The van der Waals surface area contributed by atoms with Gasteiger partial charge in [-0.3, -0.25) is 4.79 Å². The van der Waals surface area contributed by atoms with Gasteiger partial charge >= 0.3 is 0 Å². The Kier molecular flexibility index (Phi) is 6.34. The number of hydrogen-bond acceptors (Lipinski definition) is 3. The molecule has 0 atom stereocenters. The number of hydrogen-bond donors (Lipinski definition) is 1. The fourth-order valence-electron chi connectivity index (χ4n) is 2.51. The van der Waals surface area contributed by atoms with Crippen molar-refractivity contribution >= 4 is 23.4 Å². The van der Waals surface area contributed by atoms with Gasteiger partial charge in [0.15, 0.2) is 0 Å². The molecule has 0 aliphatic heterocycles. The Bertz CT molecular complexity index is 830. The van der Waals surface area contributed by atoms with Gasteiger partial charge in [-0.15, -0.1) is 11.8 Å². The zero-order valence-electron chi connectivity index (χ0n) is 14.6. The molecule has 0 bridgehead atoms. The molecular formula is C22H21NO2S. The lowest BCUT2D eigenvalue weighted by Crippen LogP contribution is -2.14. The molecule has 3 aromatic carbocycles. The van der Waals surface area contributed by atoms with E-state index in [4.69, 9.17) is 4.74 Å². The Morgan fingerprint density at radius 2 is 1.58 bits per heavy atom. The van der Waals surface area contributed by atoms with E-state index in [1.165, 1.54) is 4.90 Å². The number of amides is 1. The first-order chi connectivity index (χ1) is 12.7. The molecule has 4 heteroatoms. The van der Waals surface area contributed by atoms with Crippen molar-refractivity contribution in [2.45, 2.75) is 17.9 Å². The van der Waals surface area contributed by atoms with E-state index < -0.39 is 0 Å². The second-order valence-electron chi connectivity index (χ2n) is 5.87. The van der Waals surface area contributed by atoms with E-state index in [0.29, 0.717) is 13.0 Å². The Balaban J connectivity index is 1.50. The molecule has 0 spiro atoms. The molecular weight excluding hydrogens is 342 g/mol. The maximum atomic E-state index is 12.2. The monoisotopic (exact) mass is 363 g/mol. The molecule has 26 heavy (non-hydrogen) atoms. The Labute approximate surface area is 158 Å². The number of nitrogens with one attached hydrogen (secondary N) is 1. The third-order valence-corrected chi connectivity index (χ3v) is 4.65. The van der Waals surface area contributed by atoms with Crippen molar-refractivity contribution in [1.29, 1.82) is 0 Å². The quantitative estimate of drug-likeness (QED) is 0.589. The van der Waals surface area contributed by atoms with Crippen LogP contribution in [0.1, 0.15) is 11.1 Å². The maximum absolute atomic E-state index is 12.2. The normalized spacial score (nSPS) is 10.3. The highest BCUT2D eigenvalue weighted by atomic mass is 32.2. The Morgan fingerprint density at radius 3 is 2.23 bits per heavy atom. The molecule has 0 aliphatic carbocycles. The van der Waals surface area contributed by atoms with E-state index in [9.17, 15) is 4.79 Å². The summed E-state index contributed by atoms with van der Waals surface area (Å²) in [4.78, 5) is 13.4. The van der Waals surface area contributed by atoms with Gasteiger partial charge in [0.05, 0.1) is 6.42 Å². The number of thioether (sulfide) groups is 1. The van der Waals surface area contributed by atoms with Gasteiger partial charge in [-0.25, -0.2) is 0 Å². The molecule has 0 radical (unpaired) electrons. The van der Waals surface area contributed by atoms with Gasteiger partial charge in [0.2, 0.25) is 5.91 Å². The molecule has 132 valence electrons. The van der Waals surface area contributed by atoms with Crippen molar-refractivity contribution in [2.24, 2.45) is 0 Å². The second kappa shape index (κ2) is 9.11. The minimum absolute atomic E-state index is 0.0279. The van der Waals surface area contributed by atoms with E-state index in [0.717, 1.165) is 22.6 Å². The van der Waals surface area contributed by atoms with Crippen LogP contribution < -0.4 is 10.1 Å². The van der Waals surface area contributed by atoms with Gasteiger partial charge in [-0.1, -0.05) is 42.5 Å². The highest BCUT2D eigenvalue weighted by Gasteiger charge is 2.05. The largest absolute Gasteiger partial charge is 0.489 e. The van der Waals surface area contributed by atoms with E-state index in [2.05, 4.69) is 5.32 Å². The number of carbonyl (C=O) groups excluding carboxylic acids is 1. The van der Waals surface area contributed by atoms with Crippen LogP contribution in [0.3, 0.4) is 0 Å². The lowest BCUT2D eigenvalue weighted by molar-refractivity contribution is -0.115. The van der Waals surface area contributed by atoms with Crippen LogP contribution in [0.15, 0.2) is 83.8 Å².